The number of rotatable bonds is 3. The van der Waals surface area contributed by atoms with Gasteiger partial charge in [-0.1, -0.05) is 0 Å². The van der Waals surface area contributed by atoms with Crippen molar-refractivity contribution in [1.82, 2.24) is 25.0 Å². The van der Waals surface area contributed by atoms with Crippen LogP contribution in [0.4, 0.5) is 0 Å². The third-order valence-electron chi connectivity index (χ3n) is 5.35. The lowest BCUT2D eigenvalue weighted by atomic mass is 9.86. The summed E-state index contributed by atoms with van der Waals surface area (Å²) in [5.41, 5.74) is 2.67. The number of carbonyl (C=O) groups is 1. The molecule has 0 saturated carbocycles. The van der Waals surface area contributed by atoms with Crippen molar-refractivity contribution in [2.24, 2.45) is 0 Å². The summed E-state index contributed by atoms with van der Waals surface area (Å²) in [4.78, 5) is 23.3. The molecule has 5 rings (SSSR count). The van der Waals surface area contributed by atoms with Crippen LogP contribution in [0.25, 0.3) is 5.65 Å². The van der Waals surface area contributed by atoms with Crippen molar-refractivity contribution in [2.75, 3.05) is 19.7 Å². The SMILES string of the molecule is Cl.Cl.O=C(NCc1cn2ccncc2n1)c1cc2c(s1)C1(CCNCC1)OCC2. The summed E-state index contributed by atoms with van der Waals surface area (Å²) in [6.45, 7) is 3.05. The van der Waals surface area contributed by atoms with E-state index in [1.807, 2.05) is 16.8 Å². The molecule has 5 heterocycles. The summed E-state index contributed by atoms with van der Waals surface area (Å²) >= 11 is 1.59. The molecule has 1 spiro atoms. The minimum Gasteiger partial charge on any atom is -0.369 e. The Bertz CT molecular complexity index is 967. The van der Waals surface area contributed by atoms with Crippen molar-refractivity contribution in [3.05, 3.63) is 51.9 Å². The Morgan fingerprint density at radius 1 is 1.34 bits per heavy atom. The van der Waals surface area contributed by atoms with E-state index in [1.165, 1.54) is 10.4 Å². The van der Waals surface area contributed by atoms with Crippen molar-refractivity contribution in [3.8, 4) is 0 Å². The number of thiophene rings is 1. The second-order valence-electron chi connectivity index (χ2n) is 7.06. The molecule has 0 atom stereocenters. The third kappa shape index (κ3) is 4.13. The van der Waals surface area contributed by atoms with Crippen molar-refractivity contribution in [3.63, 3.8) is 0 Å². The Balaban J connectivity index is 0.00000120. The molecule has 0 bridgehead atoms. The molecule has 2 N–H and O–H groups in total. The number of hydrogen-bond acceptors (Lipinski definition) is 6. The normalized spacial score (nSPS) is 17.2. The first-order valence-corrected chi connectivity index (χ1v) is 10.1. The zero-order chi connectivity index (χ0) is 18.3. The Labute approximate surface area is 185 Å². The van der Waals surface area contributed by atoms with Crippen molar-refractivity contribution in [1.29, 1.82) is 0 Å². The zero-order valence-corrected chi connectivity index (χ0v) is 18.2. The number of fused-ring (bicyclic) bond motifs is 3. The second kappa shape index (κ2) is 8.97. The fraction of sp³-hybridized carbons (Fsp3) is 0.421. The van der Waals surface area contributed by atoms with E-state index >= 15 is 0 Å². The fourth-order valence-corrected chi connectivity index (χ4v) is 5.30. The molecule has 2 aliphatic rings. The molecule has 29 heavy (non-hydrogen) atoms. The first-order valence-electron chi connectivity index (χ1n) is 9.27. The van der Waals surface area contributed by atoms with Gasteiger partial charge in [0.05, 0.1) is 29.9 Å². The van der Waals surface area contributed by atoms with E-state index in [1.54, 1.807) is 23.7 Å². The van der Waals surface area contributed by atoms with Gasteiger partial charge in [-0.3, -0.25) is 9.78 Å². The standard InChI is InChI=1S/C19H21N5O2S.2ClH/c25-18(22-10-14-12-24-7-6-21-11-16(24)23-14)15-9-13-1-8-26-19(17(13)27-15)2-4-20-5-3-19;;/h6-7,9,11-12,20H,1-5,8,10H2,(H,22,25);2*1H. The predicted molar refractivity (Wildman–Crippen MR) is 116 cm³/mol. The lowest BCUT2D eigenvalue weighted by Crippen LogP contribution is -2.43. The van der Waals surface area contributed by atoms with Gasteiger partial charge in [-0.2, -0.15) is 0 Å². The Hall–Kier alpha value is -1.71. The lowest BCUT2D eigenvalue weighted by molar-refractivity contribution is -0.0771. The highest BCUT2D eigenvalue weighted by molar-refractivity contribution is 7.14. The maximum Gasteiger partial charge on any atom is 0.261 e. The number of amides is 1. The monoisotopic (exact) mass is 455 g/mol. The average Bonchev–Trinajstić information content (AvgIpc) is 3.32. The number of ether oxygens (including phenoxy) is 1. The van der Waals surface area contributed by atoms with Crippen molar-refractivity contribution >= 4 is 47.7 Å². The molecule has 156 valence electrons. The molecular formula is C19H23Cl2N5O2S. The molecule has 2 aliphatic heterocycles. The minimum absolute atomic E-state index is 0. The number of piperidine rings is 1. The largest absolute Gasteiger partial charge is 0.369 e. The average molecular weight is 456 g/mol. The Kier molecular flexibility index (Phi) is 6.80. The van der Waals surface area contributed by atoms with Crippen molar-refractivity contribution in [2.45, 2.75) is 31.4 Å². The molecule has 0 aromatic carbocycles. The number of hydrogen-bond donors (Lipinski definition) is 2. The van der Waals surface area contributed by atoms with Crippen LogP contribution in [0.3, 0.4) is 0 Å². The van der Waals surface area contributed by atoms with Gasteiger partial charge < -0.3 is 19.8 Å². The van der Waals surface area contributed by atoms with E-state index in [4.69, 9.17) is 4.74 Å². The summed E-state index contributed by atoms with van der Waals surface area (Å²) in [6.07, 6.45) is 10.00. The minimum atomic E-state index is -0.198. The van der Waals surface area contributed by atoms with Gasteiger partial charge in [0.2, 0.25) is 0 Å². The van der Waals surface area contributed by atoms with Crippen LogP contribution in [0.5, 0.6) is 0 Å². The molecule has 3 aromatic rings. The summed E-state index contributed by atoms with van der Waals surface area (Å²) in [5.74, 6) is -0.0475. The van der Waals surface area contributed by atoms with E-state index in [2.05, 4.69) is 26.7 Å². The number of nitrogens with one attached hydrogen (secondary N) is 2. The molecule has 0 unspecified atom stereocenters. The molecule has 1 saturated heterocycles. The van der Waals surface area contributed by atoms with Crippen LogP contribution in [0, 0.1) is 0 Å². The van der Waals surface area contributed by atoms with E-state index < -0.39 is 0 Å². The molecule has 0 radical (unpaired) electrons. The summed E-state index contributed by atoms with van der Waals surface area (Å²) < 4.78 is 8.11. The predicted octanol–water partition coefficient (Wildman–Crippen LogP) is 2.72. The molecule has 3 aromatic heterocycles. The second-order valence-corrected chi connectivity index (χ2v) is 8.12. The number of imidazole rings is 1. The summed E-state index contributed by atoms with van der Waals surface area (Å²) in [5, 5.41) is 6.40. The van der Waals surface area contributed by atoms with Crippen LogP contribution in [-0.4, -0.2) is 40.0 Å². The Morgan fingerprint density at radius 3 is 2.97 bits per heavy atom. The highest BCUT2D eigenvalue weighted by Crippen LogP contribution is 2.44. The first-order chi connectivity index (χ1) is 13.2. The fourth-order valence-electron chi connectivity index (χ4n) is 3.97. The third-order valence-corrected chi connectivity index (χ3v) is 6.71. The number of aromatic nitrogens is 3. The van der Waals surface area contributed by atoms with Crippen LogP contribution >= 0.6 is 36.2 Å². The van der Waals surface area contributed by atoms with Gasteiger partial charge in [0.15, 0.2) is 5.65 Å². The Morgan fingerprint density at radius 2 is 2.17 bits per heavy atom. The van der Waals surface area contributed by atoms with E-state index in [9.17, 15) is 4.79 Å². The number of carbonyl (C=O) groups excluding carboxylic acids is 1. The molecule has 10 heteroatoms. The number of nitrogens with zero attached hydrogens (tertiary/aromatic N) is 3. The highest BCUT2D eigenvalue weighted by atomic mass is 35.5. The van der Waals surface area contributed by atoms with E-state index in [0.717, 1.165) is 55.2 Å². The van der Waals surface area contributed by atoms with Crippen LogP contribution in [0.1, 0.15) is 38.6 Å². The van der Waals surface area contributed by atoms with Gasteiger partial charge in [-0.05, 0) is 44.0 Å². The van der Waals surface area contributed by atoms with Gasteiger partial charge in [-0.25, -0.2) is 4.98 Å². The molecule has 1 fully saturated rings. The van der Waals surface area contributed by atoms with E-state index in [0.29, 0.717) is 6.54 Å². The topological polar surface area (TPSA) is 80.6 Å². The van der Waals surface area contributed by atoms with Crippen molar-refractivity contribution < 1.29 is 9.53 Å². The smallest absolute Gasteiger partial charge is 0.261 e. The van der Waals surface area contributed by atoms with Gasteiger partial charge in [0, 0.05) is 23.5 Å². The molecule has 1 amide bonds. The van der Waals surface area contributed by atoms with Gasteiger partial charge in [0.1, 0.15) is 5.60 Å². The van der Waals surface area contributed by atoms with Crippen LogP contribution in [0.2, 0.25) is 0 Å². The molecular weight excluding hydrogens is 433 g/mol. The lowest BCUT2D eigenvalue weighted by Gasteiger charge is -2.40. The number of halogens is 2. The van der Waals surface area contributed by atoms with Gasteiger partial charge in [0.25, 0.3) is 5.91 Å². The van der Waals surface area contributed by atoms with Crippen LogP contribution < -0.4 is 10.6 Å². The maximum absolute atomic E-state index is 12.7. The quantitative estimate of drug-likeness (QED) is 0.634. The zero-order valence-electron chi connectivity index (χ0n) is 15.7. The van der Waals surface area contributed by atoms with Gasteiger partial charge in [-0.15, -0.1) is 36.2 Å². The van der Waals surface area contributed by atoms with Gasteiger partial charge >= 0.3 is 0 Å². The first kappa shape index (κ1) is 22.0. The highest BCUT2D eigenvalue weighted by Gasteiger charge is 2.41. The molecule has 0 aliphatic carbocycles. The van der Waals surface area contributed by atoms with Crippen LogP contribution in [0.15, 0.2) is 30.9 Å². The molecule has 7 nitrogen and oxygen atoms in total. The maximum atomic E-state index is 12.7. The summed E-state index contributed by atoms with van der Waals surface area (Å²) in [6, 6.07) is 2.05. The van der Waals surface area contributed by atoms with Crippen LogP contribution in [-0.2, 0) is 23.3 Å². The summed E-state index contributed by atoms with van der Waals surface area (Å²) in [7, 11) is 0. The van der Waals surface area contributed by atoms with E-state index in [-0.39, 0.29) is 36.3 Å².